The van der Waals surface area contributed by atoms with Crippen molar-refractivity contribution in [3.63, 3.8) is 0 Å². The van der Waals surface area contributed by atoms with Crippen LogP contribution in [0.2, 0.25) is 0 Å². The van der Waals surface area contributed by atoms with Gasteiger partial charge in [0.25, 0.3) is 5.91 Å². The van der Waals surface area contributed by atoms with E-state index in [-0.39, 0.29) is 11.9 Å². The first kappa shape index (κ1) is 15.7. The van der Waals surface area contributed by atoms with E-state index in [4.69, 9.17) is 5.73 Å². The van der Waals surface area contributed by atoms with E-state index in [1.54, 1.807) is 15.8 Å². The lowest BCUT2D eigenvalue weighted by Crippen LogP contribution is -2.37. The fraction of sp³-hybridized carbons (Fsp3) is 0.467. The van der Waals surface area contributed by atoms with Crippen LogP contribution in [0.4, 0.5) is 11.8 Å². The van der Waals surface area contributed by atoms with E-state index in [0.717, 1.165) is 42.9 Å². The van der Waals surface area contributed by atoms with Crippen LogP contribution >= 0.6 is 11.3 Å². The highest BCUT2D eigenvalue weighted by molar-refractivity contribution is 7.07. The Hall–Kier alpha value is -2.22. The van der Waals surface area contributed by atoms with Crippen LogP contribution in [0, 0.1) is 0 Å². The van der Waals surface area contributed by atoms with Crippen molar-refractivity contribution in [1.82, 2.24) is 19.9 Å². The maximum atomic E-state index is 12.4. The van der Waals surface area contributed by atoms with Crippen LogP contribution in [0.5, 0.6) is 0 Å². The molecule has 0 radical (unpaired) electrons. The fourth-order valence-electron chi connectivity index (χ4n) is 2.63. The molecule has 0 saturated carbocycles. The first-order chi connectivity index (χ1) is 11.2. The lowest BCUT2D eigenvalue weighted by atomic mass is 10.0. The first-order valence-electron chi connectivity index (χ1n) is 7.75. The van der Waals surface area contributed by atoms with Crippen molar-refractivity contribution >= 4 is 29.0 Å². The molecule has 1 aliphatic heterocycles. The van der Waals surface area contributed by atoms with Gasteiger partial charge in [-0.25, -0.2) is 9.97 Å². The lowest BCUT2D eigenvalue weighted by Gasteiger charge is -2.28. The highest BCUT2D eigenvalue weighted by Gasteiger charge is 2.26. The van der Waals surface area contributed by atoms with Gasteiger partial charge in [-0.3, -0.25) is 4.79 Å². The highest BCUT2D eigenvalue weighted by atomic mass is 32.1. The molecule has 8 heteroatoms. The molecule has 7 nitrogen and oxygen atoms in total. The second-order valence-corrected chi connectivity index (χ2v) is 6.21. The zero-order valence-electron chi connectivity index (χ0n) is 13.1. The number of carbonyl (C=O) groups excluding carboxylic acids is 1. The number of amides is 1. The molecule has 0 aromatic carbocycles. The number of anilines is 2. The number of carbonyl (C=O) groups is 1. The van der Waals surface area contributed by atoms with Gasteiger partial charge in [0, 0.05) is 24.0 Å². The molecule has 1 amide bonds. The predicted octanol–water partition coefficient (Wildman–Crippen LogP) is 1.93. The number of unbranched alkanes of at least 4 members (excludes halogenated alkanes) is 1. The third kappa shape index (κ3) is 3.42. The average molecular weight is 332 g/mol. The van der Waals surface area contributed by atoms with Crippen LogP contribution in [0.25, 0.3) is 0 Å². The van der Waals surface area contributed by atoms with Gasteiger partial charge in [0.05, 0.1) is 17.7 Å². The summed E-state index contributed by atoms with van der Waals surface area (Å²) in [4.78, 5) is 26.9. The summed E-state index contributed by atoms with van der Waals surface area (Å²) in [6, 6.07) is 0. The number of hydrogen-bond acceptors (Lipinski definition) is 7. The summed E-state index contributed by atoms with van der Waals surface area (Å²) in [6.07, 6.45) is 2.92. The van der Waals surface area contributed by atoms with E-state index in [2.05, 4.69) is 27.2 Å². The maximum absolute atomic E-state index is 12.4. The summed E-state index contributed by atoms with van der Waals surface area (Å²) in [7, 11) is 0. The van der Waals surface area contributed by atoms with Gasteiger partial charge in [-0.05, 0) is 12.8 Å². The molecule has 23 heavy (non-hydrogen) atoms. The molecule has 0 atom stereocenters. The van der Waals surface area contributed by atoms with Crippen LogP contribution in [0.3, 0.4) is 0 Å². The summed E-state index contributed by atoms with van der Waals surface area (Å²) in [5.41, 5.74) is 9.87. The number of rotatable bonds is 5. The Kier molecular flexibility index (Phi) is 4.71. The molecular formula is C15H20N6OS. The van der Waals surface area contributed by atoms with E-state index in [1.807, 2.05) is 0 Å². The van der Waals surface area contributed by atoms with Gasteiger partial charge in [-0.15, -0.1) is 11.3 Å². The van der Waals surface area contributed by atoms with Crippen molar-refractivity contribution in [2.45, 2.75) is 32.7 Å². The van der Waals surface area contributed by atoms with Crippen LogP contribution < -0.4 is 11.1 Å². The smallest absolute Gasteiger partial charge is 0.273 e. The van der Waals surface area contributed by atoms with Gasteiger partial charge in [-0.2, -0.15) is 4.98 Å². The van der Waals surface area contributed by atoms with E-state index < -0.39 is 0 Å². The number of nitrogens with two attached hydrogens (primary N) is 1. The van der Waals surface area contributed by atoms with Gasteiger partial charge >= 0.3 is 0 Å². The Balaban J connectivity index is 1.79. The zero-order valence-corrected chi connectivity index (χ0v) is 13.9. The molecule has 0 bridgehead atoms. The van der Waals surface area contributed by atoms with E-state index >= 15 is 0 Å². The fourth-order valence-corrected chi connectivity index (χ4v) is 3.16. The number of thiazole rings is 1. The number of nitrogens with zero attached hydrogens (tertiary/aromatic N) is 4. The monoisotopic (exact) mass is 332 g/mol. The van der Waals surface area contributed by atoms with Crippen LogP contribution in [-0.2, 0) is 13.0 Å². The predicted molar refractivity (Wildman–Crippen MR) is 90.4 cm³/mol. The standard InChI is InChI=1S/C15H20N6OS/c1-2-3-5-17-13-10-4-6-21(7-11(10)19-15(16)20-13)14(22)12-8-23-9-18-12/h8-9H,2-7H2,1H3,(H3,16,17,19,20). The lowest BCUT2D eigenvalue weighted by molar-refractivity contribution is 0.0727. The topological polar surface area (TPSA) is 97.0 Å². The zero-order chi connectivity index (χ0) is 16.2. The van der Waals surface area contributed by atoms with E-state index in [0.29, 0.717) is 18.8 Å². The summed E-state index contributed by atoms with van der Waals surface area (Å²) >= 11 is 1.42. The SMILES string of the molecule is CCCCNc1nc(N)nc2c1CCN(C(=O)c1cscn1)C2. The summed E-state index contributed by atoms with van der Waals surface area (Å²) in [5.74, 6) is 0.988. The number of nitrogen functional groups attached to an aromatic ring is 1. The minimum Gasteiger partial charge on any atom is -0.370 e. The largest absolute Gasteiger partial charge is 0.370 e. The van der Waals surface area contributed by atoms with Gasteiger partial charge in [0.15, 0.2) is 0 Å². The number of nitrogens with one attached hydrogen (secondary N) is 1. The Morgan fingerprint density at radius 3 is 3.09 bits per heavy atom. The highest BCUT2D eigenvalue weighted by Crippen LogP contribution is 2.25. The Morgan fingerprint density at radius 2 is 2.35 bits per heavy atom. The van der Waals surface area contributed by atoms with Crippen molar-refractivity contribution in [1.29, 1.82) is 0 Å². The molecule has 0 aliphatic carbocycles. The summed E-state index contributed by atoms with van der Waals surface area (Å²) in [6.45, 7) is 4.09. The van der Waals surface area contributed by atoms with Crippen LogP contribution in [0.1, 0.15) is 41.5 Å². The maximum Gasteiger partial charge on any atom is 0.273 e. The molecule has 3 rings (SSSR count). The second kappa shape index (κ2) is 6.91. The Morgan fingerprint density at radius 1 is 1.48 bits per heavy atom. The quantitative estimate of drug-likeness (QED) is 0.812. The van der Waals surface area contributed by atoms with E-state index in [9.17, 15) is 4.79 Å². The first-order valence-corrected chi connectivity index (χ1v) is 8.70. The Labute approximate surface area is 139 Å². The van der Waals surface area contributed by atoms with Crippen LogP contribution in [-0.4, -0.2) is 38.8 Å². The summed E-state index contributed by atoms with van der Waals surface area (Å²) < 4.78 is 0. The normalized spacial score (nSPS) is 13.7. The van der Waals surface area contributed by atoms with Gasteiger partial charge < -0.3 is 16.0 Å². The second-order valence-electron chi connectivity index (χ2n) is 5.49. The Bertz CT molecular complexity index is 688. The van der Waals surface area contributed by atoms with Crippen molar-refractivity contribution < 1.29 is 4.79 Å². The third-order valence-electron chi connectivity index (χ3n) is 3.84. The van der Waals surface area contributed by atoms with Crippen molar-refractivity contribution in [3.05, 3.63) is 27.8 Å². The molecule has 0 fully saturated rings. The number of hydrogen-bond donors (Lipinski definition) is 2. The minimum absolute atomic E-state index is 0.0606. The molecule has 3 heterocycles. The molecule has 3 N–H and O–H groups in total. The molecule has 0 spiro atoms. The third-order valence-corrected chi connectivity index (χ3v) is 4.43. The molecule has 1 aliphatic rings. The molecule has 122 valence electrons. The van der Waals surface area contributed by atoms with Gasteiger partial charge in [-0.1, -0.05) is 13.3 Å². The van der Waals surface area contributed by atoms with E-state index in [1.165, 1.54) is 11.3 Å². The summed E-state index contributed by atoms with van der Waals surface area (Å²) in [5, 5.41) is 5.11. The van der Waals surface area contributed by atoms with Gasteiger partial charge in [0.2, 0.25) is 5.95 Å². The molecular weight excluding hydrogens is 312 g/mol. The minimum atomic E-state index is -0.0606. The number of fused-ring (bicyclic) bond motifs is 1. The molecule has 2 aromatic heterocycles. The van der Waals surface area contributed by atoms with Gasteiger partial charge in [0.1, 0.15) is 11.5 Å². The average Bonchev–Trinajstić information content (AvgIpc) is 3.08. The molecule has 2 aromatic rings. The molecule has 0 saturated heterocycles. The number of aromatic nitrogens is 3. The van der Waals surface area contributed by atoms with Crippen LogP contribution in [0.15, 0.2) is 10.9 Å². The van der Waals surface area contributed by atoms with Crippen molar-refractivity contribution in [2.75, 3.05) is 24.1 Å². The molecule has 0 unspecified atom stereocenters. The van der Waals surface area contributed by atoms with Crippen molar-refractivity contribution in [2.24, 2.45) is 0 Å². The van der Waals surface area contributed by atoms with Crippen molar-refractivity contribution in [3.8, 4) is 0 Å².